The van der Waals surface area contributed by atoms with Gasteiger partial charge in [0.15, 0.2) is 5.75 Å². The lowest BCUT2D eigenvalue weighted by Crippen LogP contribution is -2.17. The second-order valence-corrected chi connectivity index (χ2v) is 10.0. The number of ether oxygens (including phenoxy) is 2. The highest BCUT2D eigenvalue weighted by Gasteiger charge is 2.29. The summed E-state index contributed by atoms with van der Waals surface area (Å²) in [6.07, 6.45) is 0. The number of hydrogen-bond donors (Lipinski definition) is 0. The van der Waals surface area contributed by atoms with Gasteiger partial charge in [-0.3, -0.25) is 0 Å². The number of benzene rings is 2. The third-order valence-electron chi connectivity index (χ3n) is 4.63. The molecule has 0 saturated heterocycles. The molecule has 0 radical (unpaired) electrons. The van der Waals surface area contributed by atoms with E-state index in [2.05, 4.69) is 20.8 Å². The van der Waals surface area contributed by atoms with Crippen LogP contribution in [0.3, 0.4) is 0 Å². The van der Waals surface area contributed by atoms with Gasteiger partial charge in [-0.25, -0.2) is 0 Å². The molecule has 0 aliphatic heterocycles. The standard InChI is InChI=1S/C23H23Cl3N2O2/c1-22(2,3)14-9-17(15(23(4,5)6)8-16(14)29-7)30-21-19(25)13(11-28)12(10-27)18(24)20(21)26/h8-9H,1-7H3. The fourth-order valence-electron chi connectivity index (χ4n) is 3.03. The molecule has 4 nitrogen and oxygen atoms in total. The number of halogens is 3. The van der Waals surface area contributed by atoms with Crippen molar-refractivity contribution in [3.63, 3.8) is 0 Å². The van der Waals surface area contributed by atoms with Crippen LogP contribution in [0.1, 0.15) is 63.8 Å². The number of hydrogen-bond acceptors (Lipinski definition) is 4. The van der Waals surface area contributed by atoms with Crippen molar-refractivity contribution >= 4 is 34.8 Å². The Bertz CT molecular complexity index is 1080. The molecular weight excluding hydrogens is 443 g/mol. The summed E-state index contributed by atoms with van der Waals surface area (Å²) < 4.78 is 11.8. The maximum absolute atomic E-state index is 9.48. The molecule has 0 saturated carbocycles. The van der Waals surface area contributed by atoms with Crippen LogP contribution in [0.5, 0.6) is 17.2 Å². The van der Waals surface area contributed by atoms with Gasteiger partial charge in [-0.05, 0) is 23.0 Å². The Hall–Kier alpha value is -2.11. The zero-order valence-corrected chi connectivity index (χ0v) is 20.3. The van der Waals surface area contributed by atoms with E-state index in [0.717, 1.165) is 16.9 Å². The van der Waals surface area contributed by atoms with E-state index in [1.165, 1.54) is 0 Å². The molecule has 30 heavy (non-hydrogen) atoms. The lowest BCUT2D eigenvalue weighted by molar-refractivity contribution is 0.389. The number of nitrogens with zero attached hydrogens (tertiary/aromatic N) is 2. The van der Waals surface area contributed by atoms with Crippen LogP contribution < -0.4 is 9.47 Å². The second kappa shape index (κ2) is 8.56. The van der Waals surface area contributed by atoms with Gasteiger partial charge in [0.05, 0.1) is 23.3 Å². The van der Waals surface area contributed by atoms with Crippen molar-refractivity contribution in [2.24, 2.45) is 0 Å². The molecule has 2 rings (SSSR count). The van der Waals surface area contributed by atoms with Crippen molar-refractivity contribution in [1.29, 1.82) is 10.5 Å². The first-order chi connectivity index (χ1) is 13.8. The molecule has 7 heteroatoms. The van der Waals surface area contributed by atoms with Crippen molar-refractivity contribution in [3.8, 4) is 29.4 Å². The Labute approximate surface area is 192 Å². The van der Waals surface area contributed by atoms with Gasteiger partial charge >= 0.3 is 0 Å². The molecule has 0 bridgehead atoms. The highest BCUT2D eigenvalue weighted by Crippen LogP contribution is 2.48. The molecule has 0 heterocycles. The maximum atomic E-state index is 9.48. The third kappa shape index (κ3) is 4.47. The van der Waals surface area contributed by atoms with Crippen LogP contribution in [0, 0.1) is 22.7 Å². The van der Waals surface area contributed by atoms with E-state index in [0.29, 0.717) is 5.75 Å². The van der Waals surface area contributed by atoms with Crippen molar-refractivity contribution in [2.45, 2.75) is 52.4 Å². The van der Waals surface area contributed by atoms with Gasteiger partial charge in [-0.15, -0.1) is 0 Å². The van der Waals surface area contributed by atoms with Crippen LogP contribution in [0.25, 0.3) is 0 Å². The van der Waals surface area contributed by atoms with Gasteiger partial charge in [0.1, 0.15) is 33.7 Å². The Morgan fingerprint density at radius 3 is 1.60 bits per heavy atom. The SMILES string of the molecule is COc1cc(C(C)(C)C)c(Oc2c(Cl)c(Cl)c(C#N)c(C#N)c2Cl)cc1C(C)(C)C. The minimum atomic E-state index is -0.299. The Balaban J connectivity index is 2.86. The van der Waals surface area contributed by atoms with Crippen molar-refractivity contribution in [2.75, 3.05) is 7.11 Å². The van der Waals surface area contributed by atoms with E-state index < -0.39 is 0 Å². The van der Waals surface area contributed by atoms with Gasteiger partial charge in [-0.1, -0.05) is 76.3 Å². The molecule has 0 unspecified atom stereocenters. The summed E-state index contributed by atoms with van der Waals surface area (Å²) in [4.78, 5) is 0. The highest BCUT2D eigenvalue weighted by atomic mass is 35.5. The van der Waals surface area contributed by atoms with E-state index in [1.807, 2.05) is 45.0 Å². The predicted molar refractivity (Wildman–Crippen MR) is 121 cm³/mol. The van der Waals surface area contributed by atoms with Crippen molar-refractivity contribution in [1.82, 2.24) is 0 Å². The number of nitriles is 2. The lowest BCUT2D eigenvalue weighted by Gasteiger charge is -2.29. The van der Waals surface area contributed by atoms with Crippen LogP contribution in [0.2, 0.25) is 15.1 Å². The van der Waals surface area contributed by atoms with Crippen LogP contribution in [-0.2, 0) is 10.8 Å². The molecule has 0 aliphatic rings. The molecule has 0 aliphatic carbocycles. The van der Waals surface area contributed by atoms with Gasteiger partial charge in [0.25, 0.3) is 0 Å². The molecule has 2 aromatic carbocycles. The second-order valence-electron chi connectivity index (χ2n) is 8.90. The van der Waals surface area contributed by atoms with E-state index >= 15 is 0 Å². The number of methoxy groups -OCH3 is 1. The largest absolute Gasteiger partial charge is 0.496 e. The molecule has 158 valence electrons. The fourth-order valence-corrected chi connectivity index (χ4v) is 3.80. The Morgan fingerprint density at radius 2 is 1.17 bits per heavy atom. The molecule has 2 aromatic rings. The molecule has 0 spiro atoms. The quantitative estimate of drug-likeness (QED) is 0.434. The van der Waals surface area contributed by atoms with E-state index in [1.54, 1.807) is 7.11 Å². The van der Waals surface area contributed by atoms with Crippen LogP contribution in [0.4, 0.5) is 0 Å². The first-order valence-corrected chi connectivity index (χ1v) is 10.3. The summed E-state index contributed by atoms with van der Waals surface area (Å²) in [5.41, 5.74) is 1.10. The van der Waals surface area contributed by atoms with Gasteiger partial charge in [0, 0.05) is 11.1 Å². The smallest absolute Gasteiger partial charge is 0.167 e. The average Bonchev–Trinajstić information content (AvgIpc) is 2.65. The molecule has 0 aromatic heterocycles. The van der Waals surface area contributed by atoms with E-state index in [4.69, 9.17) is 44.3 Å². The molecule has 0 atom stereocenters. The fraction of sp³-hybridized carbons (Fsp3) is 0.391. The van der Waals surface area contributed by atoms with Crippen molar-refractivity contribution < 1.29 is 9.47 Å². The topological polar surface area (TPSA) is 66.0 Å². The summed E-state index contributed by atoms with van der Waals surface area (Å²) in [5, 5.41) is 18.7. The van der Waals surface area contributed by atoms with Gasteiger partial charge in [0.2, 0.25) is 0 Å². The van der Waals surface area contributed by atoms with Crippen LogP contribution >= 0.6 is 34.8 Å². The first-order valence-electron chi connectivity index (χ1n) is 9.19. The minimum absolute atomic E-state index is 0.0230. The zero-order valence-electron chi connectivity index (χ0n) is 18.0. The first kappa shape index (κ1) is 24.2. The lowest BCUT2D eigenvalue weighted by atomic mass is 9.81. The highest BCUT2D eigenvalue weighted by molar-refractivity contribution is 6.46. The van der Waals surface area contributed by atoms with Gasteiger partial charge in [-0.2, -0.15) is 10.5 Å². The number of rotatable bonds is 3. The van der Waals surface area contributed by atoms with Crippen LogP contribution in [-0.4, -0.2) is 7.11 Å². The molecule has 0 amide bonds. The summed E-state index contributed by atoms with van der Waals surface area (Å²) in [5.74, 6) is 1.30. The Morgan fingerprint density at radius 1 is 0.733 bits per heavy atom. The normalized spacial score (nSPS) is 11.6. The van der Waals surface area contributed by atoms with Gasteiger partial charge < -0.3 is 9.47 Å². The molecule has 0 fully saturated rings. The molecular formula is C23H23Cl3N2O2. The zero-order chi connectivity index (χ0) is 23.0. The summed E-state index contributed by atoms with van der Waals surface area (Å²) in [6, 6.07) is 7.61. The third-order valence-corrected chi connectivity index (χ3v) is 5.83. The Kier molecular flexibility index (Phi) is 6.89. The summed E-state index contributed by atoms with van der Waals surface area (Å²) in [6.45, 7) is 12.3. The van der Waals surface area contributed by atoms with Crippen LogP contribution in [0.15, 0.2) is 12.1 Å². The average molecular weight is 466 g/mol. The molecule has 0 N–H and O–H groups in total. The van der Waals surface area contributed by atoms with Crippen molar-refractivity contribution in [3.05, 3.63) is 49.5 Å². The monoisotopic (exact) mass is 464 g/mol. The van der Waals surface area contributed by atoms with E-state index in [-0.39, 0.29) is 42.8 Å². The maximum Gasteiger partial charge on any atom is 0.167 e. The summed E-state index contributed by atoms with van der Waals surface area (Å²) in [7, 11) is 1.63. The predicted octanol–water partition coefficient (Wildman–Crippen LogP) is 7.79. The van der Waals surface area contributed by atoms with E-state index in [9.17, 15) is 10.5 Å². The summed E-state index contributed by atoms with van der Waals surface area (Å²) >= 11 is 19.0. The minimum Gasteiger partial charge on any atom is -0.496 e.